The van der Waals surface area contributed by atoms with Gasteiger partial charge in [-0.3, -0.25) is 10.1 Å². The Morgan fingerprint density at radius 3 is 2.52 bits per heavy atom. The van der Waals surface area contributed by atoms with Crippen LogP contribution in [0.15, 0.2) is 60.0 Å². The number of carbonyl (C=O) groups excluding carboxylic acids is 2. The molecule has 3 N–H and O–H groups in total. The molecule has 0 aliphatic carbocycles. The number of benzene rings is 2. The van der Waals surface area contributed by atoms with Gasteiger partial charge in [0.1, 0.15) is 11.5 Å². The third kappa shape index (κ3) is 6.39. The Kier molecular flexibility index (Phi) is 6.91. The average Bonchev–Trinajstić information content (AvgIpc) is 3.17. The second kappa shape index (κ2) is 9.79. The van der Waals surface area contributed by atoms with E-state index in [1.54, 1.807) is 5.38 Å². The number of hydrogen-bond donors (Lipinski definition) is 3. The highest BCUT2D eigenvalue weighted by atomic mass is 32.1. The molecule has 1 aromatic heterocycles. The van der Waals surface area contributed by atoms with Crippen LogP contribution in [0.4, 0.5) is 20.0 Å². The van der Waals surface area contributed by atoms with Crippen LogP contribution in [0.3, 0.4) is 0 Å². The molecule has 6 nitrogen and oxygen atoms in total. The van der Waals surface area contributed by atoms with Crippen LogP contribution in [-0.2, 0) is 6.42 Å². The van der Waals surface area contributed by atoms with Crippen LogP contribution in [0.25, 0.3) is 0 Å². The zero-order chi connectivity index (χ0) is 20.6. The number of aromatic nitrogens is 1. The minimum absolute atomic E-state index is 0.0115. The molecule has 1 unspecified atom stereocenters. The van der Waals surface area contributed by atoms with Crippen molar-refractivity contribution in [2.75, 3.05) is 10.6 Å². The summed E-state index contributed by atoms with van der Waals surface area (Å²) in [6, 6.07) is 15.0. The third-order valence-corrected chi connectivity index (χ3v) is 4.90. The average molecular weight is 412 g/mol. The molecule has 3 aromatic rings. The quantitative estimate of drug-likeness (QED) is 0.527. The van der Waals surface area contributed by atoms with Gasteiger partial charge in [-0.05, 0) is 49.6 Å². The van der Waals surface area contributed by atoms with E-state index in [2.05, 4.69) is 33.1 Å². The second-order valence-corrected chi connectivity index (χ2v) is 7.38. The van der Waals surface area contributed by atoms with Crippen molar-refractivity contribution in [3.8, 4) is 0 Å². The number of anilines is 2. The van der Waals surface area contributed by atoms with Crippen LogP contribution in [0.5, 0.6) is 0 Å². The maximum Gasteiger partial charge on any atom is 0.325 e. The van der Waals surface area contributed by atoms with Crippen molar-refractivity contribution in [2.24, 2.45) is 0 Å². The zero-order valence-corrected chi connectivity index (χ0v) is 16.6. The maximum absolute atomic E-state index is 12.9. The molecular formula is C21H21FN4O2S. The summed E-state index contributed by atoms with van der Waals surface area (Å²) in [6.45, 7) is 1.95. The van der Waals surface area contributed by atoms with E-state index in [1.807, 2.05) is 25.1 Å². The molecule has 8 heteroatoms. The first-order valence-electron chi connectivity index (χ1n) is 9.13. The van der Waals surface area contributed by atoms with Gasteiger partial charge in [-0.25, -0.2) is 14.2 Å². The summed E-state index contributed by atoms with van der Waals surface area (Å²) in [7, 11) is 0. The van der Waals surface area contributed by atoms with Gasteiger partial charge in [0.05, 0.1) is 0 Å². The molecule has 0 aliphatic heterocycles. The molecule has 0 spiro atoms. The number of carbonyl (C=O) groups is 2. The van der Waals surface area contributed by atoms with Crippen LogP contribution >= 0.6 is 11.3 Å². The number of thiazole rings is 1. The molecule has 0 saturated heterocycles. The van der Waals surface area contributed by atoms with E-state index in [4.69, 9.17) is 0 Å². The molecule has 0 radical (unpaired) electrons. The van der Waals surface area contributed by atoms with Crippen LogP contribution < -0.4 is 16.0 Å². The first-order valence-corrected chi connectivity index (χ1v) is 10.0. The van der Waals surface area contributed by atoms with E-state index in [0.717, 1.165) is 24.2 Å². The van der Waals surface area contributed by atoms with Gasteiger partial charge < -0.3 is 10.6 Å². The molecule has 3 amide bonds. The normalized spacial score (nSPS) is 11.5. The van der Waals surface area contributed by atoms with Gasteiger partial charge in [0.25, 0.3) is 5.91 Å². The highest BCUT2D eigenvalue weighted by Gasteiger charge is 2.15. The number of nitrogens with one attached hydrogen (secondary N) is 3. The Morgan fingerprint density at radius 2 is 1.79 bits per heavy atom. The van der Waals surface area contributed by atoms with Crippen LogP contribution in [0.1, 0.15) is 29.4 Å². The molecule has 0 aliphatic rings. The Morgan fingerprint density at radius 1 is 1.07 bits per heavy atom. The van der Waals surface area contributed by atoms with Gasteiger partial charge in [-0.15, -0.1) is 11.3 Å². The second-order valence-electron chi connectivity index (χ2n) is 6.52. The van der Waals surface area contributed by atoms with Gasteiger partial charge in [-0.2, -0.15) is 0 Å². The monoisotopic (exact) mass is 412 g/mol. The molecule has 29 heavy (non-hydrogen) atoms. The first kappa shape index (κ1) is 20.5. The standard InChI is InChI=1S/C21H21FN4O2S/c1-14(7-8-15-5-3-2-4-6-15)23-19(27)18-13-29-21(25-18)26-20(28)24-17-11-9-16(22)10-12-17/h2-6,9-14H,7-8H2,1H3,(H,23,27)(H2,24,25,26,28). The summed E-state index contributed by atoms with van der Waals surface area (Å²) in [6.07, 6.45) is 1.68. The summed E-state index contributed by atoms with van der Waals surface area (Å²) >= 11 is 1.15. The largest absolute Gasteiger partial charge is 0.348 e. The maximum atomic E-state index is 12.9. The van der Waals surface area contributed by atoms with Crippen LogP contribution in [0, 0.1) is 5.82 Å². The number of amides is 3. The molecule has 150 valence electrons. The summed E-state index contributed by atoms with van der Waals surface area (Å²) in [5, 5.41) is 9.94. The Labute approximate surface area is 172 Å². The van der Waals surface area contributed by atoms with E-state index in [0.29, 0.717) is 10.8 Å². The minimum Gasteiger partial charge on any atom is -0.348 e. The predicted molar refractivity (Wildman–Crippen MR) is 113 cm³/mol. The third-order valence-electron chi connectivity index (χ3n) is 4.15. The van der Waals surface area contributed by atoms with Crippen molar-refractivity contribution < 1.29 is 14.0 Å². The van der Waals surface area contributed by atoms with Gasteiger partial charge in [0.2, 0.25) is 0 Å². The lowest BCUT2D eigenvalue weighted by atomic mass is 10.1. The summed E-state index contributed by atoms with van der Waals surface area (Å²) in [5.41, 5.74) is 1.92. The number of hydrogen-bond acceptors (Lipinski definition) is 4. The molecule has 1 atom stereocenters. The van der Waals surface area contributed by atoms with Crippen molar-refractivity contribution in [1.29, 1.82) is 0 Å². The minimum atomic E-state index is -0.519. The van der Waals surface area contributed by atoms with Crippen molar-refractivity contribution in [3.05, 3.63) is 77.1 Å². The molecule has 0 saturated carbocycles. The fraction of sp³-hybridized carbons (Fsp3) is 0.190. The van der Waals surface area contributed by atoms with Gasteiger partial charge in [0, 0.05) is 17.1 Å². The molecule has 0 fully saturated rings. The predicted octanol–water partition coefficient (Wildman–Crippen LogP) is 4.68. The zero-order valence-electron chi connectivity index (χ0n) is 15.8. The van der Waals surface area contributed by atoms with Gasteiger partial charge in [0.15, 0.2) is 5.13 Å². The number of rotatable bonds is 7. The smallest absolute Gasteiger partial charge is 0.325 e. The van der Waals surface area contributed by atoms with E-state index in [-0.39, 0.29) is 23.5 Å². The highest BCUT2D eigenvalue weighted by molar-refractivity contribution is 7.14. The summed E-state index contributed by atoms with van der Waals surface area (Å²) in [4.78, 5) is 28.5. The summed E-state index contributed by atoms with van der Waals surface area (Å²) < 4.78 is 12.9. The number of halogens is 1. The van der Waals surface area contributed by atoms with Crippen molar-refractivity contribution in [2.45, 2.75) is 25.8 Å². The topological polar surface area (TPSA) is 83.1 Å². The Balaban J connectivity index is 1.47. The first-order chi connectivity index (χ1) is 14.0. The Bertz CT molecular complexity index is 960. The fourth-order valence-corrected chi connectivity index (χ4v) is 3.31. The molecular weight excluding hydrogens is 391 g/mol. The highest BCUT2D eigenvalue weighted by Crippen LogP contribution is 2.17. The lowest BCUT2D eigenvalue weighted by molar-refractivity contribution is 0.0934. The molecule has 3 rings (SSSR count). The van der Waals surface area contributed by atoms with Gasteiger partial charge >= 0.3 is 6.03 Å². The molecule has 2 aromatic carbocycles. The SMILES string of the molecule is CC(CCc1ccccc1)NC(=O)c1csc(NC(=O)Nc2ccc(F)cc2)n1. The number of nitrogens with zero attached hydrogens (tertiary/aromatic N) is 1. The van der Waals surface area contributed by atoms with Crippen molar-refractivity contribution in [1.82, 2.24) is 10.3 Å². The molecule has 0 bridgehead atoms. The van der Waals surface area contributed by atoms with Crippen LogP contribution in [0.2, 0.25) is 0 Å². The fourth-order valence-electron chi connectivity index (χ4n) is 2.63. The lowest BCUT2D eigenvalue weighted by Gasteiger charge is -2.12. The van der Waals surface area contributed by atoms with Crippen molar-refractivity contribution in [3.63, 3.8) is 0 Å². The Hall–Kier alpha value is -3.26. The molecule has 1 heterocycles. The summed E-state index contributed by atoms with van der Waals surface area (Å²) in [5.74, 6) is -0.668. The van der Waals surface area contributed by atoms with E-state index >= 15 is 0 Å². The number of aryl methyl sites for hydroxylation is 1. The van der Waals surface area contributed by atoms with E-state index in [9.17, 15) is 14.0 Å². The van der Waals surface area contributed by atoms with E-state index < -0.39 is 6.03 Å². The van der Waals surface area contributed by atoms with Crippen LogP contribution in [-0.4, -0.2) is 23.0 Å². The van der Waals surface area contributed by atoms with Gasteiger partial charge in [-0.1, -0.05) is 30.3 Å². The van der Waals surface area contributed by atoms with E-state index in [1.165, 1.54) is 29.8 Å². The lowest BCUT2D eigenvalue weighted by Crippen LogP contribution is -2.33. The number of urea groups is 1. The van der Waals surface area contributed by atoms with Crippen molar-refractivity contribution >= 4 is 34.1 Å².